The van der Waals surface area contributed by atoms with Crippen LogP contribution in [0.1, 0.15) is 12.5 Å². The topological polar surface area (TPSA) is 83.6 Å². The van der Waals surface area contributed by atoms with Gasteiger partial charge in [0.1, 0.15) is 15.4 Å². The third-order valence-corrected chi connectivity index (χ3v) is 4.84. The maximum absolute atomic E-state index is 12.5. The molecule has 21 heavy (non-hydrogen) atoms. The van der Waals surface area contributed by atoms with Crippen molar-refractivity contribution in [3.8, 4) is 0 Å². The van der Waals surface area contributed by atoms with Gasteiger partial charge in [-0.25, -0.2) is 13.2 Å². The molecule has 0 aromatic heterocycles. The van der Waals surface area contributed by atoms with Crippen LogP contribution in [-0.2, 0) is 20.2 Å². The predicted molar refractivity (Wildman–Crippen MR) is 81.4 cm³/mol. The molecule has 0 spiro atoms. The Bertz CT molecular complexity index is 687. The highest BCUT2D eigenvalue weighted by Crippen LogP contribution is 2.29. The van der Waals surface area contributed by atoms with Gasteiger partial charge in [0.15, 0.2) is 0 Å². The second kappa shape index (κ2) is 5.42. The summed E-state index contributed by atoms with van der Waals surface area (Å²) >= 11 is 3.31. The largest absolute Gasteiger partial charge is 0.325 e. The number of halogens is 1. The van der Waals surface area contributed by atoms with Crippen molar-refractivity contribution in [2.45, 2.75) is 12.5 Å². The molecule has 0 bridgehead atoms. The first kappa shape index (κ1) is 16.0. The van der Waals surface area contributed by atoms with Gasteiger partial charge in [-0.15, -0.1) is 0 Å². The zero-order valence-electron chi connectivity index (χ0n) is 11.6. The van der Waals surface area contributed by atoms with Gasteiger partial charge in [-0.3, -0.25) is 9.69 Å². The Morgan fingerprint density at radius 3 is 2.33 bits per heavy atom. The summed E-state index contributed by atoms with van der Waals surface area (Å²) in [5, 5.41) is 2.63. The van der Waals surface area contributed by atoms with Crippen molar-refractivity contribution in [2.24, 2.45) is 0 Å². The quantitative estimate of drug-likeness (QED) is 0.804. The number of sulfone groups is 1. The van der Waals surface area contributed by atoms with E-state index < -0.39 is 27.3 Å². The first-order chi connectivity index (χ1) is 9.63. The van der Waals surface area contributed by atoms with Crippen molar-refractivity contribution in [1.29, 1.82) is 0 Å². The van der Waals surface area contributed by atoms with Gasteiger partial charge < -0.3 is 5.32 Å². The Labute approximate surface area is 131 Å². The summed E-state index contributed by atoms with van der Waals surface area (Å²) in [4.78, 5) is 25.4. The highest BCUT2D eigenvalue weighted by Gasteiger charge is 2.48. The van der Waals surface area contributed by atoms with E-state index in [9.17, 15) is 18.0 Å². The van der Waals surface area contributed by atoms with Crippen molar-refractivity contribution in [3.63, 3.8) is 0 Å². The summed E-state index contributed by atoms with van der Waals surface area (Å²) in [7, 11) is -3.25. The summed E-state index contributed by atoms with van der Waals surface area (Å²) in [5.41, 5.74) is -0.527. The second-order valence-corrected chi connectivity index (χ2v) is 8.32. The fourth-order valence-corrected chi connectivity index (χ4v) is 2.91. The molecule has 0 aliphatic carbocycles. The molecule has 1 fully saturated rings. The molecule has 6 nitrogen and oxygen atoms in total. The fourth-order valence-electron chi connectivity index (χ4n) is 2.14. The molecular weight excluding hydrogens is 360 g/mol. The molecule has 1 saturated heterocycles. The van der Waals surface area contributed by atoms with Crippen molar-refractivity contribution in [1.82, 2.24) is 10.2 Å². The van der Waals surface area contributed by atoms with Gasteiger partial charge in [-0.05, 0) is 24.6 Å². The van der Waals surface area contributed by atoms with E-state index in [1.807, 2.05) is 0 Å². The summed E-state index contributed by atoms with van der Waals surface area (Å²) in [6, 6.07) is 6.46. The van der Waals surface area contributed by atoms with Crippen LogP contribution in [0.25, 0.3) is 0 Å². The van der Waals surface area contributed by atoms with Crippen molar-refractivity contribution in [2.75, 3.05) is 18.6 Å². The lowest BCUT2D eigenvalue weighted by molar-refractivity contribution is -0.130. The Morgan fingerprint density at radius 2 is 1.81 bits per heavy atom. The Kier molecular flexibility index (Phi) is 4.12. The van der Waals surface area contributed by atoms with Crippen molar-refractivity contribution < 1.29 is 18.0 Å². The first-order valence-electron chi connectivity index (χ1n) is 6.21. The number of carbonyl (C=O) groups is 2. The zero-order valence-corrected chi connectivity index (χ0v) is 14.0. The number of urea groups is 1. The highest BCUT2D eigenvalue weighted by molar-refractivity contribution is 9.10. The van der Waals surface area contributed by atoms with Crippen LogP contribution in [0.4, 0.5) is 4.79 Å². The van der Waals surface area contributed by atoms with Crippen LogP contribution in [0, 0.1) is 0 Å². The number of nitrogens with zero attached hydrogens (tertiary/aromatic N) is 1. The highest BCUT2D eigenvalue weighted by atomic mass is 79.9. The number of amides is 3. The molecule has 1 aromatic carbocycles. The maximum atomic E-state index is 12.5. The summed E-state index contributed by atoms with van der Waals surface area (Å²) < 4.78 is 23.3. The molecule has 1 aliphatic rings. The number of nitrogens with one attached hydrogen (secondary N) is 1. The lowest BCUT2D eigenvalue weighted by Gasteiger charge is -2.22. The molecule has 0 radical (unpaired) electrons. The summed E-state index contributed by atoms with van der Waals surface area (Å²) in [6.07, 6.45) is 1.07. The van der Waals surface area contributed by atoms with Gasteiger partial charge >= 0.3 is 6.03 Å². The minimum atomic E-state index is -3.25. The molecule has 1 heterocycles. The van der Waals surface area contributed by atoms with Gasteiger partial charge in [0.2, 0.25) is 0 Å². The Balaban J connectivity index is 2.26. The number of imide groups is 1. The van der Waals surface area contributed by atoms with E-state index in [-0.39, 0.29) is 12.3 Å². The van der Waals surface area contributed by atoms with Crippen LogP contribution >= 0.6 is 15.9 Å². The molecule has 1 aromatic rings. The first-order valence-corrected chi connectivity index (χ1v) is 9.07. The Morgan fingerprint density at radius 1 is 1.24 bits per heavy atom. The zero-order chi connectivity index (χ0) is 15.8. The normalized spacial score (nSPS) is 22.5. The SMILES string of the molecule is C[C@]1(c2ccc(Br)cc2)NC(=O)N(CCS(C)(=O)=O)C1=O. The minimum absolute atomic E-state index is 0.143. The number of carbonyl (C=O) groups excluding carboxylic acids is 2. The van der Waals surface area contributed by atoms with Gasteiger partial charge in [0.05, 0.1) is 5.75 Å². The van der Waals surface area contributed by atoms with Crippen LogP contribution in [0.15, 0.2) is 28.7 Å². The summed E-state index contributed by atoms with van der Waals surface area (Å²) in [6.45, 7) is 1.46. The third kappa shape index (κ3) is 3.26. The van der Waals surface area contributed by atoms with Crippen LogP contribution in [-0.4, -0.2) is 43.8 Å². The molecule has 3 amide bonds. The maximum Gasteiger partial charge on any atom is 0.325 e. The van der Waals surface area contributed by atoms with Crippen LogP contribution in [0.3, 0.4) is 0 Å². The molecule has 1 atom stereocenters. The average Bonchev–Trinajstić information content (AvgIpc) is 2.59. The minimum Gasteiger partial charge on any atom is -0.319 e. The summed E-state index contributed by atoms with van der Waals surface area (Å²) in [5.74, 6) is -0.693. The van der Waals surface area contributed by atoms with Crippen LogP contribution in [0.2, 0.25) is 0 Å². The van der Waals surface area contributed by atoms with E-state index in [2.05, 4.69) is 21.2 Å². The van der Waals surface area contributed by atoms with Gasteiger partial charge in [-0.2, -0.15) is 0 Å². The molecular formula is C13H15BrN2O4S. The lowest BCUT2D eigenvalue weighted by Crippen LogP contribution is -2.41. The van der Waals surface area contributed by atoms with E-state index in [4.69, 9.17) is 0 Å². The van der Waals surface area contributed by atoms with Crippen molar-refractivity contribution >= 4 is 37.7 Å². The standard InChI is InChI=1S/C13H15BrN2O4S/c1-13(9-3-5-10(14)6-4-9)11(17)16(12(18)15-13)7-8-21(2,19)20/h3-6H,7-8H2,1-2H3,(H,15,18)/t13-/m1/s1. The Hall–Kier alpha value is -1.41. The number of hydrogen-bond donors (Lipinski definition) is 1. The van der Waals surface area contributed by atoms with E-state index in [1.54, 1.807) is 31.2 Å². The van der Waals surface area contributed by atoms with E-state index >= 15 is 0 Å². The number of hydrogen-bond acceptors (Lipinski definition) is 4. The van der Waals surface area contributed by atoms with E-state index in [1.165, 1.54) is 0 Å². The fraction of sp³-hybridized carbons (Fsp3) is 0.385. The molecule has 0 unspecified atom stereocenters. The monoisotopic (exact) mass is 374 g/mol. The average molecular weight is 375 g/mol. The number of rotatable bonds is 4. The van der Waals surface area contributed by atoms with E-state index in [0.717, 1.165) is 15.6 Å². The molecule has 1 aliphatic heterocycles. The predicted octanol–water partition coefficient (Wildman–Crippen LogP) is 1.26. The molecule has 2 rings (SSSR count). The molecule has 8 heteroatoms. The van der Waals surface area contributed by atoms with Crippen molar-refractivity contribution in [3.05, 3.63) is 34.3 Å². The molecule has 1 N–H and O–H groups in total. The second-order valence-electron chi connectivity index (χ2n) is 5.15. The van der Waals surface area contributed by atoms with Gasteiger partial charge in [0.25, 0.3) is 5.91 Å². The number of benzene rings is 1. The van der Waals surface area contributed by atoms with Gasteiger partial charge in [0, 0.05) is 17.3 Å². The van der Waals surface area contributed by atoms with Crippen LogP contribution < -0.4 is 5.32 Å². The molecule has 114 valence electrons. The van der Waals surface area contributed by atoms with Gasteiger partial charge in [-0.1, -0.05) is 28.1 Å². The molecule has 0 saturated carbocycles. The third-order valence-electron chi connectivity index (χ3n) is 3.38. The smallest absolute Gasteiger partial charge is 0.319 e. The van der Waals surface area contributed by atoms with Crippen LogP contribution in [0.5, 0.6) is 0 Å². The van der Waals surface area contributed by atoms with E-state index in [0.29, 0.717) is 5.56 Å². The lowest BCUT2D eigenvalue weighted by atomic mass is 9.92.